The van der Waals surface area contributed by atoms with Gasteiger partial charge in [0.1, 0.15) is 11.5 Å². The molecule has 4 aromatic rings. The summed E-state index contributed by atoms with van der Waals surface area (Å²) in [5, 5.41) is 2.87. The highest BCUT2D eigenvalue weighted by Gasteiger charge is 2.35. The summed E-state index contributed by atoms with van der Waals surface area (Å²) in [5.74, 6) is -0.155. The summed E-state index contributed by atoms with van der Waals surface area (Å²) in [5.41, 5.74) is 8.04. The van der Waals surface area contributed by atoms with E-state index in [0.29, 0.717) is 17.4 Å². The van der Waals surface area contributed by atoms with Crippen LogP contribution in [0, 0.1) is 20.8 Å². The van der Waals surface area contributed by atoms with Crippen molar-refractivity contribution in [2.75, 3.05) is 53.2 Å². The maximum Gasteiger partial charge on any atom is 0.298 e. The summed E-state index contributed by atoms with van der Waals surface area (Å²) in [6, 6.07) is 22.2. The molecular weight excluding hydrogens is 512 g/mol. The van der Waals surface area contributed by atoms with E-state index >= 15 is 0 Å². The number of carbonyl (C=O) groups is 2. The highest BCUT2D eigenvalue weighted by Crippen LogP contribution is 2.38. The molecular formula is C33H36N6O2. The number of piperazine rings is 1. The molecule has 210 valence electrons. The molecule has 2 aromatic heterocycles. The quantitative estimate of drug-likeness (QED) is 0.280. The summed E-state index contributed by atoms with van der Waals surface area (Å²) >= 11 is 0. The molecule has 1 amide bonds. The van der Waals surface area contributed by atoms with Crippen molar-refractivity contribution >= 4 is 34.6 Å². The predicted octanol–water partition coefficient (Wildman–Crippen LogP) is 4.98. The molecule has 2 aliphatic rings. The highest BCUT2D eigenvalue weighted by molar-refractivity contribution is 6.47. The van der Waals surface area contributed by atoms with Crippen LogP contribution in [0.3, 0.4) is 0 Å². The second-order valence-electron chi connectivity index (χ2n) is 11.3. The van der Waals surface area contributed by atoms with Gasteiger partial charge in [0.05, 0.1) is 17.4 Å². The highest BCUT2D eigenvalue weighted by atomic mass is 16.2. The number of hydrogen-bond donors (Lipinski definition) is 1. The number of ketones is 1. The number of Topliss-reactive ketones (excluding diaryl/α,β-unsaturated/α-hetero) is 1. The van der Waals surface area contributed by atoms with Gasteiger partial charge in [-0.1, -0.05) is 30.3 Å². The Hall–Kier alpha value is -4.59. The van der Waals surface area contributed by atoms with E-state index in [-0.39, 0.29) is 0 Å². The second-order valence-corrected chi connectivity index (χ2v) is 11.3. The first kappa shape index (κ1) is 26.6. The molecule has 8 heteroatoms. The van der Waals surface area contributed by atoms with Gasteiger partial charge in [-0.15, -0.1) is 0 Å². The van der Waals surface area contributed by atoms with Gasteiger partial charge < -0.3 is 24.6 Å². The fourth-order valence-electron chi connectivity index (χ4n) is 6.22. The number of carbonyl (C=O) groups excluding carboxylic acids is 2. The number of amides is 1. The first-order chi connectivity index (χ1) is 19.7. The fourth-order valence-corrected chi connectivity index (χ4v) is 6.22. The van der Waals surface area contributed by atoms with Crippen molar-refractivity contribution in [2.24, 2.45) is 7.05 Å². The number of aryl methyl sites for hydroxylation is 3. The molecule has 1 N–H and O–H groups in total. The van der Waals surface area contributed by atoms with Crippen LogP contribution in [0.4, 0.5) is 22.9 Å². The van der Waals surface area contributed by atoms with E-state index < -0.39 is 11.7 Å². The number of anilines is 4. The van der Waals surface area contributed by atoms with Crippen LogP contribution in [0.25, 0.3) is 11.1 Å². The van der Waals surface area contributed by atoms with E-state index in [1.54, 1.807) is 4.57 Å². The van der Waals surface area contributed by atoms with Crippen molar-refractivity contribution in [3.8, 4) is 11.1 Å². The molecule has 8 nitrogen and oxygen atoms in total. The van der Waals surface area contributed by atoms with Gasteiger partial charge in [0.25, 0.3) is 11.7 Å². The molecule has 1 atom stereocenters. The molecule has 1 fully saturated rings. The monoisotopic (exact) mass is 548 g/mol. The summed E-state index contributed by atoms with van der Waals surface area (Å²) in [7, 11) is 3.91. The molecule has 4 heterocycles. The lowest BCUT2D eigenvalue weighted by atomic mass is 10.0. The SMILES string of the molecule is Cc1cc(C)nc(N2CCN3c4ccc(NC(=O)C(=O)c5c(-c6ccccc6)cc(C)n5C)cc4N(C)C[C@@H]3C2)c1. The Bertz CT molecular complexity index is 1620. The zero-order valence-electron chi connectivity index (χ0n) is 24.3. The molecule has 0 spiro atoms. The maximum atomic E-state index is 13.4. The van der Waals surface area contributed by atoms with E-state index in [1.807, 2.05) is 69.4 Å². The van der Waals surface area contributed by atoms with Gasteiger partial charge in [-0.3, -0.25) is 9.59 Å². The third-order valence-corrected chi connectivity index (χ3v) is 8.31. The average molecular weight is 549 g/mol. The minimum absolute atomic E-state index is 0.322. The van der Waals surface area contributed by atoms with Gasteiger partial charge in [-0.2, -0.15) is 0 Å². The molecule has 0 aliphatic carbocycles. The Morgan fingerprint density at radius 1 is 0.878 bits per heavy atom. The predicted molar refractivity (Wildman–Crippen MR) is 165 cm³/mol. The van der Waals surface area contributed by atoms with Gasteiger partial charge in [-0.05, 0) is 68.3 Å². The number of likely N-dealkylation sites (N-methyl/N-ethyl adjacent to an activating group) is 1. The average Bonchev–Trinajstić information content (AvgIpc) is 3.26. The number of nitrogens with zero attached hydrogens (tertiary/aromatic N) is 5. The van der Waals surface area contributed by atoms with Crippen LogP contribution >= 0.6 is 0 Å². The molecule has 2 aliphatic heterocycles. The van der Waals surface area contributed by atoms with Crippen molar-refractivity contribution in [2.45, 2.75) is 26.8 Å². The third kappa shape index (κ3) is 4.94. The summed E-state index contributed by atoms with van der Waals surface area (Å²) in [6.07, 6.45) is 0. The van der Waals surface area contributed by atoms with Gasteiger partial charge in [0, 0.05) is 62.9 Å². The number of nitrogens with one attached hydrogen (secondary N) is 1. The van der Waals surface area contributed by atoms with Gasteiger partial charge in [0.2, 0.25) is 0 Å². The lowest BCUT2D eigenvalue weighted by Gasteiger charge is -2.49. The maximum absolute atomic E-state index is 13.4. The first-order valence-electron chi connectivity index (χ1n) is 14.1. The number of pyridine rings is 1. The fraction of sp³-hybridized carbons (Fsp3) is 0.303. The number of hydrogen-bond acceptors (Lipinski definition) is 6. The van der Waals surface area contributed by atoms with E-state index in [4.69, 9.17) is 4.98 Å². The molecule has 0 unspecified atom stereocenters. The lowest BCUT2D eigenvalue weighted by molar-refractivity contribution is -0.112. The molecule has 6 rings (SSSR count). The van der Waals surface area contributed by atoms with Crippen LogP contribution in [-0.4, -0.2) is 60.5 Å². The topological polar surface area (TPSA) is 73.7 Å². The Labute approximate surface area is 241 Å². The minimum atomic E-state index is -0.644. The second kappa shape index (κ2) is 10.4. The van der Waals surface area contributed by atoms with E-state index in [2.05, 4.69) is 52.2 Å². The molecule has 0 saturated carbocycles. The third-order valence-electron chi connectivity index (χ3n) is 8.31. The Morgan fingerprint density at radius 3 is 2.41 bits per heavy atom. The largest absolute Gasteiger partial charge is 0.371 e. The first-order valence-corrected chi connectivity index (χ1v) is 14.1. The summed E-state index contributed by atoms with van der Waals surface area (Å²) in [4.78, 5) is 38.6. The van der Waals surface area contributed by atoms with Crippen molar-refractivity contribution in [1.29, 1.82) is 0 Å². The van der Waals surface area contributed by atoms with Crippen molar-refractivity contribution in [1.82, 2.24) is 9.55 Å². The van der Waals surface area contributed by atoms with Crippen molar-refractivity contribution < 1.29 is 9.59 Å². The van der Waals surface area contributed by atoms with Crippen LogP contribution < -0.4 is 20.0 Å². The standard InChI is InChI=1S/C33H36N6O2/c1-21-15-22(2)34-30(16-21)38-13-14-39-26(20-38)19-36(4)29-18-25(11-12-28(29)39)35-33(41)32(40)31-27(17-23(3)37(31)5)24-9-7-6-8-10-24/h6-12,15-18,26H,13-14,19-20H2,1-5H3,(H,35,41)/t26-/m1/s1. The van der Waals surface area contributed by atoms with Crippen LogP contribution in [0.2, 0.25) is 0 Å². The lowest BCUT2D eigenvalue weighted by Crippen LogP contribution is -2.59. The number of aromatic nitrogens is 2. The van der Waals surface area contributed by atoms with Crippen LogP contribution in [0.1, 0.15) is 27.4 Å². The number of benzene rings is 2. The van der Waals surface area contributed by atoms with E-state index in [0.717, 1.165) is 65.9 Å². The van der Waals surface area contributed by atoms with E-state index in [9.17, 15) is 9.59 Å². The van der Waals surface area contributed by atoms with Gasteiger partial charge in [-0.25, -0.2) is 4.98 Å². The summed E-state index contributed by atoms with van der Waals surface area (Å²) < 4.78 is 1.79. The molecule has 41 heavy (non-hydrogen) atoms. The Balaban J connectivity index is 1.21. The van der Waals surface area contributed by atoms with E-state index in [1.165, 1.54) is 5.56 Å². The molecule has 0 radical (unpaired) electrons. The number of rotatable bonds is 5. The number of fused-ring (bicyclic) bond motifs is 3. The van der Waals surface area contributed by atoms with Gasteiger partial charge >= 0.3 is 0 Å². The van der Waals surface area contributed by atoms with Gasteiger partial charge in [0.15, 0.2) is 0 Å². The van der Waals surface area contributed by atoms with Crippen molar-refractivity contribution in [3.05, 3.63) is 89.4 Å². The Morgan fingerprint density at radius 2 is 1.66 bits per heavy atom. The molecule has 0 bridgehead atoms. The van der Waals surface area contributed by atoms with Crippen LogP contribution in [0.5, 0.6) is 0 Å². The smallest absolute Gasteiger partial charge is 0.298 e. The zero-order valence-corrected chi connectivity index (χ0v) is 24.3. The van der Waals surface area contributed by atoms with Crippen molar-refractivity contribution in [3.63, 3.8) is 0 Å². The zero-order chi connectivity index (χ0) is 28.8. The molecule has 2 aromatic carbocycles. The normalized spacial score (nSPS) is 16.3. The van der Waals surface area contributed by atoms with Crippen LogP contribution in [0.15, 0.2) is 66.7 Å². The van der Waals surface area contributed by atoms with Crippen LogP contribution in [-0.2, 0) is 11.8 Å². The molecule has 1 saturated heterocycles. The minimum Gasteiger partial charge on any atom is -0.371 e. The summed E-state index contributed by atoms with van der Waals surface area (Å²) in [6.45, 7) is 9.63. The Kier molecular flexibility index (Phi) is 6.77.